The first-order valence-corrected chi connectivity index (χ1v) is 7.13. The van der Waals surface area contributed by atoms with Gasteiger partial charge in [-0.25, -0.2) is 8.42 Å². The van der Waals surface area contributed by atoms with E-state index < -0.39 is 14.9 Å². The molecule has 2 N–H and O–H groups in total. The van der Waals surface area contributed by atoms with Gasteiger partial charge in [0.2, 0.25) is 10.0 Å². The minimum Gasteiger partial charge on any atom is -0.330 e. The monoisotopic (exact) mass is 273 g/mol. The molecule has 0 unspecified atom stereocenters. The van der Waals surface area contributed by atoms with E-state index in [1.807, 2.05) is 0 Å². The summed E-state index contributed by atoms with van der Waals surface area (Å²) in [6.07, 6.45) is 1.61. The van der Waals surface area contributed by atoms with Gasteiger partial charge < -0.3 is 5.73 Å². The maximum absolute atomic E-state index is 11.6. The molecular formula is C10H15N3O4S. The Morgan fingerprint density at radius 2 is 1.89 bits per heavy atom. The lowest BCUT2D eigenvalue weighted by Gasteiger charge is -2.21. The first kappa shape index (κ1) is 14.4. The fourth-order valence-electron chi connectivity index (χ4n) is 1.46. The number of hydrogen-bond donors (Lipinski definition) is 1. The van der Waals surface area contributed by atoms with Crippen molar-refractivity contribution in [2.45, 2.75) is 6.42 Å². The number of nitrogens with two attached hydrogens (primary N) is 1. The number of hydrogen-bond acceptors (Lipinski definition) is 5. The Morgan fingerprint density at radius 3 is 2.28 bits per heavy atom. The second kappa shape index (κ2) is 5.78. The second-order valence-corrected chi connectivity index (χ2v) is 5.66. The van der Waals surface area contributed by atoms with E-state index in [0.29, 0.717) is 18.7 Å². The molecule has 0 spiro atoms. The van der Waals surface area contributed by atoms with E-state index in [0.717, 1.165) is 6.26 Å². The second-order valence-electron chi connectivity index (χ2n) is 3.75. The molecule has 0 saturated carbocycles. The van der Waals surface area contributed by atoms with Gasteiger partial charge in [-0.2, -0.15) is 0 Å². The van der Waals surface area contributed by atoms with Crippen LogP contribution in [0.5, 0.6) is 0 Å². The first-order chi connectivity index (χ1) is 8.36. The van der Waals surface area contributed by atoms with Crippen LogP contribution in [0.3, 0.4) is 0 Å². The summed E-state index contributed by atoms with van der Waals surface area (Å²) in [5.41, 5.74) is 5.67. The van der Waals surface area contributed by atoms with E-state index in [2.05, 4.69) is 0 Å². The van der Waals surface area contributed by atoms with Crippen LogP contribution in [0.1, 0.15) is 6.42 Å². The van der Waals surface area contributed by atoms with Crippen LogP contribution >= 0.6 is 0 Å². The maximum atomic E-state index is 11.6. The van der Waals surface area contributed by atoms with Crippen molar-refractivity contribution in [2.24, 2.45) is 5.73 Å². The van der Waals surface area contributed by atoms with Crippen LogP contribution < -0.4 is 10.0 Å². The molecular weight excluding hydrogens is 258 g/mol. The molecule has 8 heteroatoms. The number of nitrogens with zero attached hydrogens (tertiary/aromatic N) is 2. The molecule has 0 aliphatic heterocycles. The molecule has 18 heavy (non-hydrogen) atoms. The summed E-state index contributed by atoms with van der Waals surface area (Å²) in [7, 11) is -3.42. The van der Waals surface area contributed by atoms with E-state index in [1.54, 1.807) is 0 Å². The molecule has 0 atom stereocenters. The molecule has 100 valence electrons. The van der Waals surface area contributed by atoms with Gasteiger partial charge >= 0.3 is 0 Å². The van der Waals surface area contributed by atoms with E-state index in [1.165, 1.54) is 28.6 Å². The highest BCUT2D eigenvalue weighted by Gasteiger charge is 2.17. The fraction of sp³-hybridized carbons (Fsp3) is 0.400. The zero-order valence-electron chi connectivity index (χ0n) is 9.94. The molecule has 0 amide bonds. The van der Waals surface area contributed by atoms with Gasteiger partial charge in [-0.15, -0.1) is 0 Å². The lowest BCUT2D eigenvalue weighted by Crippen LogP contribution is -2.31. The molecule has 0 heterocycles. The Bertz CT molecular complexity index is 512. The lowest BCUT2D eigenvalue weighted by atomic mass is 10.3. The van der Waals surface area contributed by atoms with Gasteiger partial charge in [0.15, 0.2) is 0 Å². The molecule has 1 rings (SSSR count). The van der Waals surface area contributed by atoms with Gasteiger partial charge in [0.25, 0.3) is 5.69 Å². The zero-order chi connectivity index (χ0) is 13.8. The maximum Gasteiger partial charge on any atom is 0.269 e. The SMILES string of the molecule is CS(=O)(=O)N(CCCN)c1ccc([N+](=O)[O-])cc1. The largest absolute Gasteiger partial charge is 0.330 e. The average molecular weight is 273 g/mol. The molecule has 0 saturated heterocycles. The van der Waals surface area contributed by atoms with E-state index in [4.69, 9.17) is 5.73 Å². The average Bonchev–Trinajstić information content (AvgIpc) is 2.28. The Kier molecular flexibility index (Phi) is 4.62. The normalized spacial score (nSPS) is 11.2. The molecule has 1 aromatic carbocycles. The smallest absolute Gasteiger partial charge is 0.269 e. The standard InChI is InChI=1S/C10H15N3O4S/c1-18(16,17)12(8-2-7-11)9-3-5-10(6-4-9)13(14)15/h3-6H,2,7-8,11H2,1H3. The highest BCUT2D eigenvalue weighted by atomic mass is 32.2. The Hall–Kier alpha value is -1.67. The van der Waals surface area contributed by atoms with Crippen LogP contribution in [0.2, 0.25) is 0 Å². The summed E-state index contributed by atoms with van der Waals surface area (Å²) in [5, 5.41) is 10.5. The van der Waals surface area contributed by atoms with Crippen molar-refractivity contribution in [3.63, 3.8) is 0 Å². The van der Waals surface area contributed by atoms with Crippen molar-refractivity contribution in [2.75, 3.05) is 23.7 Å². The van der Waals surface area contributed by atoms with Gasteiger partial charge in [0.05, 0.1) is 16.9 Å². The number of nitro groups is 1. The van der Waals surface area contributed by atoms with Crippen LogP contribution in [-0.2, 0) is 10.0 Å². The molecule has 0 fully saturated rings. The summed E-state index contributed by atoms with van der Waals surface area (Å²) in [5.74, 6) is 0. The van der Waals surface area contributed by atoms with Gasteiger partial charge in [0.1, 0.15) is 0 Å². The number of non-ortho nitro benzene ring substituents is 1. The predicted octanol–water partition coefficient (Wildman–Crippen LogP) is 0.710. The summed E-state index contributed by atoms with van der Waals surface area (Å²) < 4.78 is 24.4. The van der Waals surface area contributed by atoms with E-state index in [9.17, 15) is 18.5 Å². The van der Waals surface area contributed by atoms with Gasteiger partial charge in [-0.05, 0) is 25.1 Å². The minimum absolute atomic E-state index is 0.0778. The number of rotatable bonds is 6. The highest BCUT2D eigenvalue weighted by Crippen LogP contribution is 2.21. The number of anilines is 1. The molecule has 0 bridgehead atoms. The summed E-state index contributed by atoms with van der Waals surface area (Å²) in [6, 6.07) is 5.37. The third-order valence-electron chi connectivity index (χ3n) is 2.31. The first-order valence-electron chi connectivity index (χ1n) is 5.28. The van der Waals surface area contributed by atoms with Crippen LogP contribution in [0.25, 0.3) is 0 Å². The Labute approximate surface area is 105 Å². The Balaban J connectivity index is 3.02. The van der Waals surface area contributed by atoms with Crippen LogP contribution in [0.15, 0.2) is 24.3 Å². The predicted molar refractivity (Wildman–Crippen MR) is 69.0 cm³/mol. The number of sulfonamides is 1. The molecule has 7 nitrogen and oxygen atoms in total. The number of benzene rings is 1. The van der Waals surface area contributed by atoms with Gasteiger partial charge in [-0.1, -0.05) is 0 Å². The number of nitro benzene ring substituents is 1. The van der Waals surface area contributed by atoms with Gasteiger partial charge in [-0.3, -0.25) is 14.4 Å². The van der Waals surface area contributed by atoms with Crippen molar-refractivity contribution in [1.82, 2.24) is 0 Å². The van der Waals surface area contributed by atoms with Crippen LogP contribution in [-0.4, -0.2) is 32.7 Å². The minimum atomic E-state index is -3.42. The van der Waals surface area contributed by atoms with Crippen molar-refractivity contribution >= 4 is 21.4 Å². The Morgan fingerprint density at radius 1 is 1.33 bits per heavy atom. The van der Waals surface area contributed by atoms with Crippen molar-refractivity contribution in [3.8, 4) is 0 Å². The molecule has 0 aromatic heterocycles. The van der Waals surface area contributed by atoms with Gasteiger partial charge in [0, 0.05) is 18.7 Å². The molecule has 0 aliphatic rings. The summed E-state index contributed by atoms with van der Waals surface area (Å²) >= 11 is 0. The van der Waals surface area contributed by atoms with Crippen LogP contribution in [0, 0.1) is 10.1 Å². The van der Waals surface area contributed by atoms with Crippen LogP contribution in [0.4, 0.5) is 11.4 Å². The third kappa shape index (κ3) is 3.67. The topological polar surface area (TPSA) is 107 Å². The van der Waals surface area contributed by atoms with Crippen molar-refractivity contribution in [1.29, 1.82) is 0 Å². The third-order valence-corrected chi connectivity index (χ3v) is 3.51. The summed E-state index contributed by atoms with van der Waals surface area (Å²) in [6.45, 7) is 0.631. The van der Waals surface area contributed by atoms with E-state index in [-0.39, 0.29) is 12.2 Å². The fourth-order valence-corrected chi connectivity index (χ4v) is 2.43. The summed E-state index contributed by atoms with van der Waals surface area (Å²) in [4.78, 5) is 9.97. The van der Waals surface area contributed by atoms with Crippen molar-refractivity contribution in [3.05, 3.63) is 34.4 Å². The molecule has 1 aromatic rings. The zero-order valence-corrected chi connectivity index (χ0v) is 10.8. The van der Waals surface area contributed by atoms with Crippen molar-refractivity contribution < 1.29 is 13.3 Å². The quantitative estimate of drug-likeness (QED) is 0.606. The lowest BCUT2D eigenvalue weighted by molar-refractivity contribution is -0.384. The molecule has 0 radical (unpaired) electrons. The highest BCUT2D eigenvalue weighted by molar-refractivity contribution is 7.92. The molecule has 0 aliphatic carbocycles. The van der Waals surface area contributed by atoms with E-state index >= 15 is 0 Å².